The molecule has 1 aliphatic rings. The highest BCUT2D eigenvalue weighted by molar-refractivity contribution is 7.92. The number of rotatable bonds is 7. The first-order valence-electron chi connectivity index (χ1n) is 9.16. The number of anilines is 1. The highest BCUT2D eigenvalue weighted by atomic mass is 32.2. The number of amides is 1. The summed E-state index contributed by atoms with van der Waals surface area (Å²) in [5, 5.41) is 2.99. The maximum Gasteiger partial charge on any atom is 0.243 e. The van der Waals surface area contributed by atoms with E-state index in [9.17, 15) is 13.2 Å². The first kappa shape index (κ1) is 19.8. The molecule has 0 spiro atoms. The third-order valence-corrected chi connectivity index (χ3v) is 6.09. The van der Waals surface area contributed by atoms with Gasteiger partial charge in [0.05, 0.1) is 11.9 Å². The fraction of sp³-hybridized carbons (Fsp3) is 0.632. The third kappa shape index (κ3) is 5.46. The number of nitrogens with one attached hydrogen (secondary N) is 1. The van der Waals surface area contributed by atoms with E-state index in [4.69, 9.17) is 0 Å². The molecule has 6 heteroatoms. The summed E-state index contributed by atoms with van der Waals surface area (Å²) < 4.78 is 26.0. The van der Waals surface area contributed by atoms with Gasteiger partial charge < -0.3 is 5.32 Å². The second kappa shape index (κ2) is 8.70. The summed E-state index contributed by atoms with van der Waals surface area (Å²) in [6.07, 6.45) is 7.58. The average molecular weight is 367 g/mol. The Morgan fingerprint density at radius 1 is 1.20 bits per heavy atom. The Morgan fingerprint density at radius 2 is 1.80 bits per heavy atom. The largest absolute Gasteiger partial charge is 0.354 e. The van der Waals surface area contributed by atoms with E-state index < -0.39 is 16.1 Å². The van der Waals surface area contributed by atoms with Crippen molar-refractivity contribution in [3.8, 4) is 0 Å². The van der Waals surface area contributed by atoms with Crippen LogP contribution in [0.1, 0.15) is 51.0 Å². The molecular formula is C19H30N2O3S. The minimum absolute atomic E-state index is 0.209. The van der Waals surface area contributed by atoms with E-state index in [-0.39, 0.29) is 5.91 Å². The summed E-state index contributed by atoms with van der Waals surface area (Å²) in [4.78, 5) is 12.7. The standard InChI is InChI=1S/C19H30N2O3S/c1-4-18(19(22)20-14-16-8-6-5-7-9-16)21(25(3,23)24)17-12-10-15(2)11-13-17/h10-13,16,18H,4-9,14H2,1-3H3,(H,20,22)/t18-/m1/s1. The van der Waals surface area contributed by atoms with E-state index in [1.165, 1.54) is 23.6 Å². The number of hydrogen-bond donors (Lipinski definition) is 1. The van der Waals surface area contributed by atoms with Crippen molar-refractivity contribution >= 4 is 21.6 Å². The summed E-state index contributed by atoms with van der Waals surface area (Å²) >= 11 is 0. The van der Waals surface area contributed by atoms with Crippen LogP contribution in [-0.2, 0) is 14.8 Å². The van der Waals surface area contributed by atoms with Gasteiger partial charge in [0.1, 0.15) is 6.04 Å². The lowest BCUT2D eigenvalue weighted by molar-refractivity contribution is -0.122. The number of hydrogen-bond acceptors (Lipinski definition) is 3. The molecule has 1 saturated carbocycles. The van der Waals surface area contributed by atoms with Crippen molar-refractivity contribution in [2.45, 2.75) is 58.4 Å². The fourth-order valence-electron chi connectivity index (χ4n) is 3.51. The molecule has 0 radical (unpaired) electrons. The van der Waals surface area contributed by atoms with Crippen LogP contribution in [0.15, 0.2) is 24.3 Å². The van der Waals surface area contributed by atoms with Gasteiger partial charge in [-0.15, -0.1) is 0 Å². The van der Waals surface area contributed by atoms with Crippen LogP contribution >= 0.6 is 0 Å². The Bertz CT molecular complexity index is 664. The topological polar surface area (TPSA) is 66.5 Å². The molecule has 0 aliphatic heterocycles. The molecule has 1 aromatic rings. The van der Waals surface area contributed by atoms with E-state index in [1.54, 1.807) is 12.1 Å². The van der Waals surface area contributed by atoms with Gasteiger partial charge in [-0.1, -0.05) is 43.9 Å². The van der Waals surface area contributed by atoms with Crippen LogP contribution in [-0.4, -0.2) is 33.2 Å². The Labute approximate surface area is 151 Å². The van der Waals surface area contributed by atoms with Gasteiger partial charge in [-0.2, -0.15) is 0 Å². The van der Waals surface area contributed by atoms with E-state index in [1.807, 2.05) is 26.0 Å². The summed E-state index contributed by atoms with van der Waals surface area (Å²) in [6, 6.07) is 6.52. The maximum atomic E-state index is 12.7. The molecule has 0 aromatic heterocycles. The van der Waals surface area contributed by atoms with Gasteiger partial charge in [0.15, 0.2) is 0 Å². The molecular weight excluding hydrogens is 336 g/mol. The molecule has 0 heterocycles. The molecule has 1 N–H and O–H groups in total. The van der Waals surface area contributed by atoms with Gasteiger partial charge in [0.2, 0.25) is 15.9 Å². The smallest absolute Gasteiger partial charge is 0.243 e. The number of carbonyl (C=O) groups is 1. The lowest BCUT2D eigenvalue weighted by Gasteiger charge is -2.31. The van der Waals surface area contributed by atoms with Crippen molar-refractivity contribution in [3.05, 3.63) is 29.8 Å². The van der Waals surface area contributed by atoms with E-state index in [2.05, 4.69) is 5.32 Å². The van der Waals surface area contributed by atoms with Crippen LogP contribution in [0, 0.1) is 12.8 Å². The molecule has 1 fully saturated rings. The van der Waals surface area contributed by atoms with Gasteiger partial charge >= 0.3 is 0 Å². The highest BCUT2D eigenvalue weighted by Crippen LogP contribution is 2.24. The number of benzene rings is 1. The van der Waals surface area contributed by atoms with E-state index in [0.717, 1.165) is 24.7 Å². The first-order valence-corrected chi connectivity index (χ1v) is 11.0. The Kier molecular flexibility index (Phi) is 6.87. The highest BCUT2D eigenvalue weighted by Gasteiger charge is 2.31. The summed E-state index contributed by atoms with van der Waals surface area (Å²) in [5.74, 6) is 0.306. The monoisotopic (exact) mass is 366 g/mol. The van der Waals surface area contributed by atoms with Crippen molar-refractivity contribution in [1.29, 1.82) is 0 Å². The molecule has 1 atom stereocenters. The van der Waals surface area contributed by atoms with Crippen LogP contribution in [0.25, 0.3) is 0 Å². The Balaban J connectivity index is 2.15. The van der Waals surface area contributed by atoms with Crippen LogP contribution < -0.4 is 9.62 Å². The normalized spacial score (nSPS) is 17.1. The molecule has 1 aliphatic carbocycles. The van der Waals surface area contributed by atoms with Crippen LogP contribution in [0.3, 0.4) is 0 Å². The minimum atomic E-state index is -3.56. The summed E-state index contributed by atoms with van der Waals surface area (Å²) in [7, 11) is -3.56. The molecule has 0 bridgehead atoms. The maximum absolute atomic E-state index is 12.7. The van der Waals surface area contributed by atoms with Gasteiger partial charge in [-0.3, -0.25) is 9.10 Å². The predicted molar refractivity (Wildman–Crippen MR) is 102 cm³/mol. The van der Waals surface area contributed by atoms with Crippen molar-refractivity contribution in [1.82, 2.24) is 5.32 Å². The van der Waals surface area contributed by atoms with Crippen LogP contribution in [0.5, 0.6) is 0 Å². The second-order valence-corrected chi connectivity index (χ2v) is 8.93. The van der Waals surface area contributed by atoms with Gasteiger partial charge in [-0.25, -0.2) is 8.42 Å². The molecule has 1 aromatic carbocycles. The average Bonchev–Trinajstić information content (AvgIpc) is 2.58. The number of sulfonamides is 1. The summed E-state index contributed by atoms with van der Waals surface area (Å²) in [5.41, 5.74) is 1.58. The van der Waals surface area contributed by atoms with Crippen molar-refractivity contribution in [2.24, 2.45) is 5.92 Å². The zero-order valence-corrected chi connectivity index (χ0v) is 16.3. The number of carbonyl (C=O) groups excluding carboxylic acids is 1. The van der Waals surface area contributed by atoms with Gasteiger partial charge in [0, 0.05) is 6.54 Å². The fourth-order valence-corrected chi connectivity index (χ4v) is 4.72. The molecule has 140 valence electrons. The number of nitrogens with zero attached hydrogens (tertiary/aromatic N) is 1. The second-order valence-electron chi connectivity index (χ2n) is 7.07. The quantitative estimate of drug-likeness (QED) is 0.805. The Hall–Kier alpha value is -1.56. The lowest BCUT2D eigenvalue weighted by Crippen LogP contribution is -2.50. The summed E-state index contributed by atoms with van der Waals surface area (Å²) in [6.45, 7) is 4.43. The van der Waals surface area contributed by atoms with Gasteiger partial charge in [0.25, 0.3) is 0 Å². The predicted octanol–water partition coefficient (Wildman–Crippen LogP) is 3.24. The zero-order chi connectivity index (χ0) is 18.4. The molecule has 1 amide bonds. The molecule has 5 nitrogen and oxygen atoms in total. The van der Waals surface area contributed by atoms with Crippen LogP contribution in [0.2, 0.25) is 0 Å². The molecule has 2 rings (SSSR count). The molecule has 0 saturated heterocycles. The molecule has 25 heavy (non-hydrogen) atoms. The van der Waals surface area contributed by atoms with Gasteiger partial charge in [-0.05, 0) is 44.2 Å². The first-order chi connectivity index (χ1) is 11.8. The molecule has 0 unspecified atom stereocenters. The number of aryl methyl sites for hydroxylation is 1. The van der Waals surface area contributed by atoms with Crippen molar-refractivity contribution in [2.75, 3.05) is 17.1 Å². The van der Waals surface area contributed by atoms with E-state index >= 15 is 0 Å². The van der Waals surface area contributed by atoms with Crippen LogP contribution in [0.4, 0.5) is 5.69 Å². The van der Waals surface area contributed by atoms with E-state index in [0.29, 0.717) is 24.6 Å². The SMILES string of the molecule is CC[C@H](C(=O)NCC1CCCCC1)N(c1ccc(C)cc1)S(C)(=O)=O. The minimum Gasteiger partial charge on any atom is -0.354 e. The lowest BCUT2D eigenvalue weighted by atomic mass is 9.89. The zero-order valence-electron chi connectivity index (χ0n) is 15.5. The third-order valence-electron chi connectivity index (χ3n) is 4.91. The Morgan fingerprint density at radius 3 is 2.32 bits per heavy atom. The van der Waals surface area contributed by atoms with Crippen molar-refractivity contribution in [3.63, 3.8) is 0 Å². The van der Waals surface area contributed by atoms with Crippen molar-refractivity contribution < 1.29 is 13.2 Å².